The number of rotatable bonds is 6. The molecule has 0 spiro atoms. The van der Waals surface area contributed by atoms with Gasteiger partial charge in [0.2, 0.25) is 5.91 Å². The van der Waals surface area contributed by atoms with Crippen molar-refractivity contribution in [2.75, 3.05) is 13.1 Å². The first-order valence-corrected chi connectivity index (χ1v) is 9.16. The minimum atomic E-state index is -0.335. The van der Waals surface area contributed by atoms with Gasteiger partial charge in [0, 0.05) is 16.1 Å². The summed E-state index contributed by atoms with van der Waals surface area (Å²) in [4.78, 5) is 12.8. The molecule has 0 unspecified atom stereocenters. The molecule has 2 aromatic rings. The van der Waals surface area contributed by atoms with Gasteiger partial charge in [-0.05, 0) is 62.3 Å². The Balaban J connectivity index is 1.68. The second-order valence-corrected chi connectivity index (χ2v) is 7.67. The van der Waals surface area contributed by atoms with E-state index >= 15 is 0 Å². The molecule has 1 fully saturated rings. The van der Waals surface area contributed by atoms with E-state index in [1.165, 1.54) is 0 Å². The molecule has 3 rings (SSSR count). The van der Waals surface area contributed by atoms with Gasteiger partial charge < -0.3 is 10.1 Å². The molecule has 0 aromatic heterocycles. The van der Waals surface area contributed by atoms with E-state index < -0.39 is 0 Å². The van der Waals surface area contributed by atoms with E-state index in [0.717, 1.165) is 42.3 Å². The van der Waals surface area contributed by atoms with Crippen molar-refractivity contribution in [3.63, 3.8) is 0 Å². The molecule has 0 atom stereocenters. The highest BCUT2D eigenvalue weighted by molar-refractivity contribution is 8.00. The quantitative estimate of drug-likeness (QED) is 0.544. The number of amides is 1. The van der Waals surface area contributed by atoms with E-state index in [0.29, 0.717) is 6.42 Å². The predicted octanol–water partition coefficient (Wildman–Crippen LogP) is 3.59. The normalized spacial score (nSPS) is 16.2. The van der Waals surface area contributed by atoms with Crippen LogP contribution in [-0.2, 0) is 4.79 Å². The van der Waals surface area contributed by atoms with E-state index in [-0.39, 0.29) is 10.7 Å². The Labute approximate surface area is 151 Å². The highest BCUT2D eigenvalue weighted by Crippen LogP contribution is 2.42. The molecule has 1 saturated heterocycles. The Bertz CT molecular complexity index is 686. The molecule has 25 heavy (non-hydrogen) atoms. The number of ether oxygens (including phenoxy) is 1. The SMILES string of the molecule is O=C(CC1(Sc2ccc(Oc3ccccc3)cc2)CCNCC1)NO. The van der Waals surface area contributed by atoms with Gasteiger partial charge in [-0.3, -0.25) is 10.0 Å². The van der Waals surface area contributed by atoms with Crippen LogP contribution < -0.4 is 15.5 Å². The molecule has 0 saturated carbocycles. The number of hydrogen-bond donors (Lipinski definition) is 3. The summed E-state index contributed by atoms with van der Waals surface area (Å²) in [6, 6.07) is 17.6. The fraction of sp³-hybridized carbons (Fsp3) is 0.316. The van der Waals surface area contributed by atoms with Crippen LogP contribution in [0.25, 0.3) is 0 Å². The van der Waals surface area contributed by atoms with Gasteiger partial charge in [-0.2, -0.15) is 0 Å². The first-order valence-electron chi connectivity index (χ1n) is 8.35. The predicted molar refractivity (Wildman–Crippen MR) is 98.2 cm³/mol. The molecule has 0 bridgehead atoms. The van der Waals surface area contributed by atoms with Gasteiger partial charge in [-0.15, -0.1) is 11.8 Å². The van der Waals surface area contributed by atoms with Crippen LogP contribution in [0.3, 0.4) is 0 Å². The number of piperidine rings is 1. The molecule has 1 aliphatic rings. The van der Waals surface area contributed by atoms with Crippen molar-refractivity contribution in [3.05, 3.63) is 54.6 Å². The summed E-state index contributed by atoms with van der Waals surface area (Å²) in [6.45, 7) is 1.75. The summed E-state index contributed by atoms with van der Waals surface area (Å²) in [7, 11) is 0. The van der Waals surface area contributed by atoms with Gasteiger partial charge in [0.1, 0.15) is 11.5 Å². The molecule has 0 aliphatic carbocycles. The van der Waals surface area contributed by atoms with Crippen LogP contribution in [0.4, 0.5) is 0 Å². The minimum absolute atomic E-state index is 0.195. The van der Waals surface area contributed by atoms with E-state index in [1.54, 1.807) is 17.2 Å². The molecule has 2 aromatic carbocycles. The highest BCUT2D eigenvalue weighted by atomic mass is 32.2. The zero-order chi connectivity index (χ0) is 17.5. The molecule has 0 radical (unpaired) electrons. The number of carbonyl (C=O) groups is 1. The van der Waals surface area contributed by atoms with Gasteiger partial charge in [-0.1, -0.05) is 18.2 Å². The third-order valence-corrected chi connectivity index (χ3v) is 5.75. The van der Waals surface area contributed by atoms with Crippen LogP contribution in [0.1, 0.15) is 19.3 Å². The van der Waals surface area contributed by atoms with Gasteiger partial charge >= 0.3 is 0 Å². The van der Waals surface area contributed by atoms with Crippen LogP contribution in [-0.4, -0.2) is 29.0 Å². The van der Waals surface area contributed by atoms with Crippen LogP contribution >= 0.6 is 11.8 Å². The molecule has 132 valence electrons. The van der Waals surface area contributed by atoms with Crippen LogP contribution in [0.2, 0.25) is 0 Å². The van der Waals surface area contributed by atoms with E-state index in [4.69, 9.17) is 9.94 Å². The topological polar surface area (TPSA) is 70.6 Å². The van der Waals surface area contributed by atoms with Crippen molar-refractivity contribution < 1.29 is 14.7 Å². The lowest BCUT2D eigenvalue weighted by Crippen LogP contribution is -2.42. The lowest BCUT2D eigenvalue weighted by atomic mass is 9.93. The second kappa shape index (κ2) is 8.38. The van der Waals surface area contributed by atoms with Crippen molar-refractivity contribution in [3.8, 4) is 11.5 Å². The maximum absolute atomic E-state index is 11.7. The van der Waals surface area contributed by atoms with Crippen LogP contribution in [0.15, 0.2) is 59.5 Å². The van der Waals surface area contributed by atoms with E-state index in [1.807, 2.05) is 54.6 Å². The first kappa shape index (κ1) is 17.8. The summed E-state index contributed by atoms with van der Waals surface area (Å²) in [5, 5.41) is 12.2. The van der Waals surface area contributed by atoms with Gasteiger partial charge in [-0.25, -0.2) is 5.48 Å². The summed E-state index contributed by atoms with van der Waals surface area (Å²) in [6.07, 6.45) is 2.07. The van der Waals surface area contributed by atoms with Crippen molar-refractivity contribution in [2.24, 2.45) is 0 Å². The zero-order valence-electron chi connectivity index (χ0n) is 13.9. The average molecular weight is 358 g/mol. The highest BCUT2D eigenvalue weighted by Gasteiger charge is 2.35. The fourth-order valence-corrected chi connectivity index (χ4v) is 4.36. The molecule has 3 N–H and O–H groups in total. The molecular formula is C19H22N2O3S. The van der Waals surface area contributed by atoms with Crippen molar-refractivity contribution >= 4 is 17.7 Å². The van der Waals surface area contributed by atoms with Crippen molar-refractivity contribution in [2.45, 2.75) is 28.9 Å². The van der Waals surface area contributed by atoms with Gasteiger partial charge in [0.25, 0.3) is 0 Å². The van der Waals surface area contributed by atoms with E-state index in [9.17, 15) is 4.79 Å². The third kappa shape index (κ3) is 4.98. The molecule has 1 amide bonds. The number of benzene rings is 2. The van der Waals surface area contributed by atoms with Gasteiger partial charge in [0.05, 0.1) is 0 Å². The molecule has 1 aliphatic heterocycles. The maximum atomic E-state index is 11.7. The Morgan fingerprint density at radius 1 is 1.08 bits per heavy atom. The second-order valence-electron chi connectivity index (χ2n) is 6.13. The summed E-state index contributed by atoms with van der Waals surface area (Å²) >= 11 is 1.70. The fourth-order valence-electron chi connectivity index (χ4n) is 2.98. The lowest BCUT2D eigenvalue weighted by molar-refractivity contribution is -0.129. The number of hydrogen-bond acceptors (Lipinski definition) is 5. The number of para-hydroxylation sites is 1. The largest absolute Gasteiger partial charge is 0.457 e. The standard InChI is InChI=1S/C19H22N2O3S/c22-18(21-23)14-19(10-12-20-13-11-19)25-17-8-6-16(7-9-17)24-15-4-2-1-3-5-15/h1-9,20,23H,10-14H2,(H,21,22). The van der Waals surface area contributed by atoms with Gasteiger partial charge in [0.15, 0.2) is 0 Å². The third-order valence-electron chi connectivity index (χ3n) is 4.26. The van der Waals surface area contributed by atoms with Crippen molar-refractivity contribution in [1.82, 2.24) is 10.8 Å². The molecule has 6 heteroatoms. The van der Waals surface area contributed by atoms with Crippen LogP contribution in [0, 0.1) is 0 Å². The average Bonchev–Trinajstić information content (AvgIpc) is 2.65. The molecule has 5 nitrogen and oxygen atoms in total. The monoisotopic (exact) mass is 358 g/mol. The Kier molecular flexibility index (Phi) is 5.96. The van der Waals surface area contributed by atoms with E-state index in [2.05, 4.69) is 5.32 Å². The summed E-state index contributed by atoms with van der Waals surface area (Å²) in [5.74, 6) is 1.25. The number of carbonyl (C=O) groups excluding carboxylic acids is 1. The summed E-state index contributed by atoms with van der Waals surface area (Å²) < 4.78 is 5.62. The zero-order valence-corrected chi connectivity index (χ0v) is 14.7. The lowest BCUT2D eigenvalue weighted by Gasteiger charge is -2.36. The number of hydroxylamine groups is 1. The maximum Gasteiger partial charge on any atom is 0.244 e. The van der Waals surface area contributed by atoms with Crippen molar-refractivity contribution in [1.29, 1.82) is 0 Å². The molecule has 1 heterocycles. The summed E-state index contributed by atoms with van der Waals surface area (Å²) in [5.41, 5.74) is 1.77. The molecular weight excluding hydrogens is 336 g/mol. The smallest absolute Gasteiger partial charge is 0.244 e. The number of nitrogens with one attached hydrogen (secondary N) is 2. The minimum Gasteiger partial charge on any atom is -0.457 e. The Morgan fingerprint density at radius 2 is 1.72 bits per heavy atom. The Morgan fingerprint density at radius 3 is 2.36 bits per heavy atom. The Hall–Kier alpha value is -2.02. The first-order chi connectivity index (χ1) is 12.2. The number of thioether (sulfide) groups is 1. The van der Waals surface area contributed by atoms with Crippen LogP contribution in [0.5, 0.6) is 11.5 Å².